The molecule has 1 aliphatic rings. The Bertz CT molecular complexity index is 400. The Balaban J connectivity index is 1.73. The van der Waals surface area contributed by atoms with Crippen LogP contribution < -0.4 is 5.32 Å². The van der Waals surface area contributed by atoms with Crippen molar-refractivity contribution in [3.05, 3.63) is 34.9 Å². The lowest BCUT2D eigenvalue weighted by atomic mass is 9.95. The van der Waals surface area contributed by atoms with E-state index in [1.165, 1.54) is 31.5 Å². The Morgan fingerprint density at radius 3 is 2.30 bits per heavy atom. The second kappa shape index (κ2) is 6.93. The first-order valence-corrected chi connectivity index (χ1v) is 8.02. The van der Waals surface area contributed by atoms with Gasteiger partial charge in [0, 0.05) is 17.1 Å². The molecule has 1 N–H and O–H groups in total. The van der Waals surface area contributed by atoms with Crippen LogP contribution in [0.2, 0.25) is 5.02 Å². The number of hydrogen-bond acceptors (Lipinski definition) is 2. The van der Waals surface area contributed by atoms with E-state index in [4.69, 9.17) is 11.6 Å². The number of hydrogen-bond donors (Lipinski definition) is 1. The highest BCUT2D eigenvalue weighted by atomic mass is 35.5. The second-order valence-corrected chi connectivity index (χ2v) is 7.41. The van der Waals surface area contributed by atoms with Crippen LogP contribution in [0.15, 0.2) is 24.3 Å². The van der Waals surface area contributed by atoms with E-state index in [1.807, 2.05) is 12.1 Å². The van der Waals surface area contributed by atoms with Gasteiger partial charge in [-0.25, -0.2) is 0 Å². The maximum Gasteiger partial charge on any atom is 0.0406 e. The summed E-state index contributed by atoms with van der Waals surface area (Å²) in [6, 6.07) is 8.24. The molecule has 0 amide bonds. The van der Waals surface area contributed by atoms with Crippen LogP contribution in [0.25, 0.3) is 0 Å². The summed E-state index contributed by atoms with van der Waals surface area (Å²) >= 11 is 5.92. The summed E-state index contributed by atoms with van der Waals surface area (Å²) in [5, 5.41) is 4.45. The zero-order valence-electron chi connectivity index (χ0n) is 13.0. The summed E-state index contributed by atoms with van der Waals surface area (Å²) in [6.07, 6.45) is 2.60. The van der Waals surface area contributed by atoms with Crippen molar-refractivity contribution >= 4 is 11.6 Å². The lowest BCUT2D eigenvalue weighted by Crippen LogP contribution is -2.42. The Morgan fingerprint density at radius 1 is 1.15 bits per heavy atom. The van der Waals surface area contributed by atoms with Gasteiger partial charge in [-0.3, -0.25) is 4.90 Å². The molecule has 0 aliphatic carbocycles. The van der Waals surface area contributed by atoms with Gasteiger partial charge in [-0.1, -0.05) is 23.7 Å². The first-order chi connectivity index (χ1) is 9.42. The highest BCUT2D eigenvalue weighted by molar-refractivity contribution is 6.30. The number of nitrogens with zero attached hydrogens (tertiary/aromatic N) is 1. The van der Waals surface area contributed by atoms with Gasteiger partial charge >= 0.3 is 0 Å². The molecule has 0 aromatic heterocycles. The van der Waals surface area contributed by atoms with Crippen molar-refractivity contribution in [2.24, 2.45) is 5.92 Å². The molecular weight excluding hydrogens is 268 g/mol. The van der Waals surface area contributed by atoms with Gasteiger partial charge < -0.3 is 5.32 Å². The SMILES string of the molecule is CC(C)(C)NCC1CCN(Cc2ccc(Cl)cc2)CC1. The van der Waals surface area contributed by atoms with Gasteiger partial charge in [0.25, 0.3) is 0 Å². The standard InChI is InChI=1S/C17H27ClN2/c1-17(2,3)19-12-14-8-10-20(11-9-14)13-15-4-6-16(18)7-5-15/h4-7,14,19H,8-13H2,1-3H3. The van der Waals surface area contributed by atoms with Crippen molar-refractivity contribution in [1.29, 1.82) is 0 Å². The van der Waals surface area contributed by atoms with Crippen LogP contribution in [-0.4, -0.2) is 30.1 Å². The molecule has 3 heteroatoms. The fourth-order valence-corrected chi connectivity index (χ4v) is 2.77. The molecule has 1 heterocycles. The summed E-state index contributed by atoms with van der Waals surface area (Å²) in [4.78, 5) is 2.55. The number of benzene rings is 1. The summed E-state index contributed by atoms with van der Waals surface area (Å²) in [5.41, 5.74) is 1.60. The average Bonchev–Trinajstić information content (AvgIpc) is 2.40. The molecule has 1 aromatic carbocycles. The van der Waals surface area contributed by atoms with E-state index < -0.39 is 0 Å². The van der Waals surface area contributed by atoms with Gasteiger partial charge in [-0.15, -0.1) is 0 Å². The number of nitrogens with one attached hydrogen (secondary N) is 1. The lowest BCUT2D eigenvalue weighted by molar-refractivity contribution is 0.170. The number of piperidine rings is 1. The first kappa shape index (κ1) is 15.8. The van der Waals surface area contributed by atoms with E-state index in [0.29, 0.717) is 0 Å². The zero-order valence-corrected chi connectivity index (χ0v) is 13.7. The van der Waals surface area contributed by atoms with Gasteiger partial charge in [-0.2, -0.15) is 0 Å². The van der Waals surface area contributed by atoms with Crippen LogP contribution in [0.3, 0.4) is 0 Å². The van der Waals surface area contributed by atoms with Crippen LogP contribution >= 0.6 is 11.6 Å². The minimum absolute atomic E-state index is 0.237. The largest absolute Gasteiger partial charge is 0.312 e. The third-order valence-corrected chi connectivity index (χ3v) is 4.20. The molecule has 20 heavy (non-hydrogen) atoms. The van der Waals surface area contributed by atoms with E-state index in [2.05, 4.69) is 43.1 Å². The molecule has 0 saturated carbocycles. The highest BCUT2D eigenvalue weighted by Crippen LogP contribution is 2.20. The lowest BCUT2D eigenvalue weighted by Gasteiger charge is -2.33. The minimum Gasteiger partial charge on any atom is -0.312 e. The molecule has 0 atom stereocenters. The van der Waals surface area contributed by atoms with Crippen LogP contribution in [0.4, 0.5) is 0 Å². The zero-order chi connectivity index (χ0) is 14.6. The Morgan fingerprint density at radius 2 is 1.75 bits per heavy atom. The van der Waals surface area contributed by atoms with E-state index in [1.54, 1.807) is 0 Å². The second-order valence-electron chi connectivity index (χ2n) is 6.98. The number of rotatable bonds is 4. The van der Waals surface area contributed by atoms with Crippen LogP contribution in [0.1, 0.15) is 39.2 Å². The Hall–Kier alpha value is -0.570. The molecular formula is C17H27ClN2. The smallest absolute Gasteiger partial charge is 0.0406 e. The third kappa shape index (κ3) is 5.43. The maximum absolute atomic E-state index is 5.92. The monoisotopic (exact) mass is 294 g/mol. The highest BCUT2D eigenvalue weighted by Gasteiger charge is 2.20. The van der Waals surface area contributed by atoms with E-state index in [0.717, 1.165) is 24.0 Å². The predicted molar refractivity (Wildman–Crippen MR) is 87.2 cm³/mol. The van der Waals surface area contributed by atoms with E-state index >= 15 is 0 Å². The van der Waals surface area contributed by atoms with Crippen LogP contribution in [0, 0.1) is 5.92 Å². The normalized spacial score (nSPS) is 18.4. The maximum atomic E-state index is 5.92. The molecule has 0 radical (unpaired) electrons. The molecule has 1 aliphatic heterocycles. The number of halogens is 1. The number of likely N-dealkylation sites (tertiary alicyclic amines) is 1. The molecule has 0 unspecified atom stereocenters. The third-order valence-electron chi connectivity index (χ3n) is 3.95. The summed E-state index contributed by atoms with van der Waals surface area (Å²) in [5.74, 6) is 0.829. The van der Waals surface area contributed by atoms with E-state index in [-0.39, 0.29) is 5.54 Å². The van der Waals surface area contributed by atoms with Gasteiger partial charge in [-0.05, 0) is 76.9 Å². The van der Waals surface area contributed by atoms with Crippen LogP contribution in [0.5, 0.6) is 0 Å². The van der Waals surface area contributed by atoms with Gasteiger partial charge in [0.15, 0.2) is 0 Å². The predicted octanol–water partition coefficient (Wildman–Crippen LogP) is 3.94. The fraction of sp³-hybridized carbons (Fsp3) is 0.647. The van der Waals surface area contributed by atoms with Gasteiger partial charge in [0.1, 0.15) is 0 Å². The van der Waals surface area contributed by atoms with Crippen molar-refractivity contribution in [2.45, 2.75) is 45.7 Å². The first-order valence-electron chi connectivity index (χ1n) is 7.64. The molecule has 2 nitrogen and oxygen atoms in total. The van der Waals surface area contributed by atoms with Crippen molar-refractivity contribution in [3.8, 4) is 0 Å². The summed E-state index contributed by atoms with van der Waals surface area (Å²) in [7, 11) is 0. The average molecular weight is 295 g/mol. The van der Waals surface area contributed by atoms with Crippen molar-refractivity contribution in [1.82, 2.24) is 10.2 Å². The molecule has 2 rings (SSSR count). The Labute approximate surface area is 128 Å². The molecule has 1 aromatic rings. The quantitative estimate of drug-likeness (QED) is 0.905. The summed E-state index contributed by atoms with van der Waals surface area (Å²) < 4.78 is 0. The topological polar surface area (TPSA) is 15.3 Å². The molecule has 1 fully saturated rings. The summed E-state index contributed by atoms with van der Waals surface area (Å²) in [6.45, 7) is 11.3. The van der Waals surface area contributed by atoms with Crippen molar-refractivity contribution in [3.63, 3.8) is 0 Å². The van der Waals surface area contributed by atoms with Gasteiger partial charge in [0.2, 0.25) is 0 Å². The van der Waals surface area contributed by atoms with Crippen molar-refractivity contribution < 1.29 is 0 Å². The van der Waals surface area contributed by atoms with Gasteiger partial charge in [0.05, 0.1) is 0 Å². The Kier molecular flexibility index (Phi) is 5.48. The van der Waals surface area contributed by atoms with Crippen molar-refractivity contribution in [2.75, 3.05) is 19.6 Å². The molecule has 0 spiro atoms. The molecule has 1 saturated heterocycles. The molecule has 112 valence electrons. The van der Waals surface area contributed by atoms with E-state index in [9.17, 15) is 0 Å². The minimum atomic E-state index is 0.237. The fourth-order valence-electron chi connectivity index (χ4n) is 2.65. The van der Waals surface area contributed by atoms with Crippen LogP contribution in [-0.2, 0) is 6.54 Å². The molecule has 0 bridgehead atoms.